The van der Waals surface area contributed by atoms with Crippen LogP contribution in [0.25, 0.3) is 0 Å². The molecule has 0 aromatic rings. The van der Waals surface area contributed by atoms with Gasteiger partial charge in [0.25, 0.3) is 0 Å². The van der Waals surface area contributed by atoms with Crippen LogP contribution in [0.3, 0.4) is 0 Å². The highest BCUT2D eigenvalue weighted by Gasteiger charge is 2.31. The summed E-state index contributed by atoms with van der Waals surface area (Å²) in [6.45, 7) is 14.4. The van der Waals surface area contributed by atoms with Crippen LogP contribution in [0.15, 0.2) is 0 Å². The molecule has 660 valence electrons. The molecule has 0 aromatic carbocycles. The lowest BCUT2D eigenvalue weighted by molar-refractivity contribution is -0.161. The van der Waals surface area contributed by atoms with Gasteiger partial charge in [0.1, 0.15) is 19.3 Å². The van der Waals surface area contributed by atoms with Crippen LogP contribution >= 0.6 is 15.6 Å². The van der Waals surface area contributed by atoms with Gasteiger partial charge in [-0.25, -0.2) is 9.13 Å². The Hall–Kier alpha value is -1.94. The van der Waals surface area contributed by atoms with Crippen molar-refractivity contribution in [3.05, 3.63) is 0 Å². The minimum absolute atomic E-state index is 0.107. The number of carbonyl (C=O) groups excluding carboxylic acids is 4. The van der Waals surface area contributed by atoms with E-state index in [0.717, 1.165) is 114 Å². The maximum Gasteiger partial charge on any atom is 0.472 e. The maximum atomic E-state index is 13.2. The Balaban J connectivity index is 5.20. The Morgan fingerprint density at radius 3 is 0.640 bits per heavy atom. The fourth-order valence-corrected chi connectivity index (χ4v) is 15.9. The molecule has 0 saturated heterocycles. The number of aliphatic hydroxyl groups is 1. The molecule has 0 aliphatic carbocycles. The standard InChI is InChI=1S/C92H180O17P2/c1-9-85(8)71-63-55-46-40-34-28-22-15-11-13-16-23-29-35-41-47-56-64-72-89(94)102-78-87(108-91(96)74-66-58-48-42-36-30-24-17-12-10-14-20-26-32-38-44-52-60-68-82(2)3)80-106-110(98,99)104-76-86(93)77-105-111(100,101)107-81-88(79-103-90(95)73-65-57-51-50-54-62-70-84(6)7)109-92(97)75-67-59-49-43-37-31-25-19-18-21-27-33-39-45-53-61-69-83(4)5/h82-88,93H,9-81H2,1-8H3,(H,98,99)(H,100,101)/t85?,86?,87-,88-/m1/s1. The first-order chi connectivity index (χ1) is 53.6. The van der Waals surface area contributed by atoms with E-state index in [0.29, 0.717) is 31.6 Å². The number of rotatable bonds is 89. The summed E-state index contributed by atoms with van der Waals surface area (Å²) in [5, 5.41) is 10.7. The van der Waals surface area contributed by atoms with Crippen molar-refractivity contribution < 1.29 is 80.2 Å². The van der Waals surface area contributed by atoms with Crippen molar-refractivity contribution in [1.82, 2.24) is 0 Å². The molecule has 111 heavy (non-hydrogen) atoms. The third-order valence-electron chi connectivity index (χ3n) is 21.9. The quantitative estimate of drug-likeness (QED) is 0.0222. The number of hydrogen-bond donors (Lipinski definition) is 3. The number of unbranched alkanes of at least 4 members (excludes halogenated alkanes) is 54. The Kier molecular flexibility index (Phi) is 79.1. The first-order valence-electron chi connectivity index (χ1n) is 47.2. The van der Waals surface area contributed by atoms with E-state index in [4.69, 9.17) is 37.0 Å². The Labute approximate surface area is 683 Å². The fraction of sp³-hybridized carbons (Fsp3) is 0.957. The van der Waals surface area contributed by atoms with E-state index in [1.54, 1.807) is 0 Å². The zero-order chi connectivity index (χ0) is 81.6. The maximum absolute atomic E-state index is 13.2. The minimum Gasteiger partial charge on any atom is -0.462 e. The summed E-state index contributed by atoms with van der Waals surface area (Å²) in [5.74, 6) is 1.08. The number of hydrogen-bond acceptors (Lipinski definition) is 15. The van der Waals surface area contributed by atoms with Crippen LogP contribution in [-0.2, 0) is 65.4 Å². The smallest absolute Gasteiger partial charge is 0.462 e. The lowest BCUT2D eigenvalue weighted by atomic mass is 9.99. The number of esters is 4. The first kappa shape index (κ1) is 109. The largest absolute Gasteiger partial charge is 0.472 e. The number of carbonyl (C=O) groups is 4. The minimum atomic E-state index is -4.97. The van der Waals surface area contributed by atoms with Gasteiger partial charge >= 0.3 is 39.5 Å². The summed E-state index contributed by atoms with van der Waals surface area (Å²) < 4.78 is 69.0. The van der Waals surface area contributed by atoms with Crippen molar-refractivity contribution in [2.24, 2.45) is 23.7 Å². The normalized spacial score (nSPS) is 14.1. The van der Waals surface area contributed by atoms with Gasteiger partial charge in [-0.2, -0.15) is 0 Å². The predicted octanol–water partition coefficient (Wildman–Crippen LogP) is 28.3. The average molecular weight is 1620 g/mol. The van der Waals surface area contributed by atoms with Gasteiger partial charge in [-0.1, -0.05) is 434 Å². The molecule has 6 atom stereocenters. The number of ether oxygens (including phenoxy) is 4. The molecular weight excluding hydrogens is 1440 g/mol. The fourth-order valence-electron chi connectivity index (χ4n) is 14.3. The van der Waals surface area contributed by atoms with Crippen molar-refractivity contribution in [3.8, 4) is 0 Å². The second-order valence-electron chi connectivity index (χ2n) is 34.7. The van der Waals surface area contributed by atoms with Crippen LogP contribution in [0, 0.1) is 23.7 Å². The molecule has 17 nitrogen and oxygen atoms in total. The molecule has 0 heterocycles. The topological polar surface area (TPSA) is 237 Å². The van der Waals surface area contributed by atoms with E-state index in [2.05, 4.69) is 55.4 Å². The Morgan fingerprint density at radius 1 is 0.252 bits per heavy atom. The van der Waals surface area contributed by atoms with Gasteiger partial charge in [0, 0.05) is 25.7 Å². The summed E-state index contributed by atoms with van der Waals surface area (Å²) >= 11 is 0. The van der Waals surface area contributed by atoms with E-state index in [1.165, 1.54) is 283 Å². The third kappa shape index (κ3) is 84.3. The van der Waals surface area contributed by atoms with Gasteiger partial charge in [0.15, 0.2) is 12.2 Å². The molecule has 19 heteroatoms. The van der Waals surface area contributed by atoms with Crippen molar-refractivity contribution in [3.63, 3.8) is 0 Å². The number of phosphoric ester groups is 2. The SMILES string of the molecule is CCC(C)CCCCCCCCCCCCCCCCCCCCC(=O)OC[C@H](COP(=O)(O)OCC(O)COP(=O)(O)OC[C@@H](COC(=O)CCCCCCCCC(C)C)OC(=O)CCCCCCCCCCCCCCCCCCC(C)C)OC(=O)CCCCCCCCCCCCCCCCCCCCC(C)C. The molecule has 0 radical (unpaired) electrons. The highest BCUT2D eigenvalue weighted by atomic mass is 31.2. The molecule has 0 bridgehead atoms. The van der Waals surface area contributed by atoms with Crippen LogP contribution in [0.5, 0.6) is 0 Å². The number of phosphoric acid groups is 2. The molecule has 0 aromatic heterocycles. The average Bonchev–Trinajstić information content (AvgIpc) is 0.895. The summed E-state index contributed by atoms with van der Waals surface area (Å²) in [5.41, 5.74) is 0. The highest BCUT2D eigenvalue weighted by molar-refractivity contribution is 7.47. The van der Waals surface area contributed by atoms with E-state index < -0.39 is 97.5 Å². The van der Waals surface area contributed by atoms with Gasteiger partial charge in [0.05, 0.1) is 26.4 Å². The second-order valence-corrected chi connectivity index (χ2v) is 37.6. The van der Waals surface area contributed by atoms with Crippen LogP contribution in [-0.4, -0.2) is 96.7 Å². The molecule has 3 N–H and O–H groups in total. The Bertz CT molecular complexity index is 2150. The van der Waals surface area contributed by atoms with Crippen LogP contribution in [0.4, 0.5) is 0 Å². The van der Waals surface area contributed by atoms with Crippen LogP contribution in [0.2, 0.25) is 0 Å². The lowest BCUT2D eigenvalue weighted by Crippen LogP contribution is -2.30. The predicted molar refractivity (Wildman–Crippen MR) is 460 cm³/mol. The van der Waals surface area contributed by atoms with Crippen molar-refractivity contribution in [2.45, 2.75) is 504 Å². The van der Waals surface area contributed by atoms with Gasteiger partial charge in [0.2, 0.25) is 0 Å². The summed E-state index contributed by atoms with van der Waals surface area (Å²) in [6.07, 6.45) is 72.5. The summed E-state index contributed by atoms with van der Waals surface area (Å²) in [6, 6.07) is 0. The van der Waals surface area contributed by atoms with Crippen molar-refractivity contribution in [1.29, 1.82) is 0 Å². The molecule has 0 aliphatic heterocycles. The van der Waals surface area contributed by atoms with Gasteiger partial charge in [-0.3, -0.25) is 37.3 Å². The van der Waals surface area contributed by atoms with Crippen LogP contribution in [0.1, 0.15) is 486 Å². The molecule has 4 unspecified atom stereocenters. The molecule has 0 saturated carbocycles. The second kappa shape index (κ2) is 80.5. The van der Waals surface area contributed by atoms with E-state index in [9.17, 15) is 43.2 Å². The molecule has 0 amide bonds. The summed E-state index contributed by atoms with van der Waals surface area (Å²) in [7, 11) is -9.94. The van der Waals surface area contributed by atoms with Crippen LogP contribution < -0.4 is 0 Å². The Morgan fingerprint density at radius 2 is 0.432 bits per heavy atom. The molecule has 0 rings (SSSR count). The van der Waals surface area contributed by atoms with E-state index >= 15 is 0 Å². The highest BCUT2D eigenvalue weighted by Crippen LogP contribution is 2.45. The number of aliphatic hydroxyl groups excluding tert-OH is 1. The zero-order valence-corrected chi connectivity index (χ0v) is 75.4. The van der Waals surface area contributed by atoms with Gasteiger partial charge in [-0.05, 0) is 49.4 Å². The molecular formula is C92H180O17P2. The molecule has 0 fully saturated rings. The monoisotopic (exact) mass is 1620 g/mol. The first-order valence-corrected chi connectivity index (χ1v) is 50.2. The molecule has 0 aliphatic rings. The van der Waals surface area contributed by atoms with Gasteiger partial charge < -0.3 is 33.8 Å². The van der Waals surface area contributed by atoms with E-state index in [-0.39, 0.29) is 25.7 Å². The summed E-state index contributed by atoms with van der Waals surface area (Å²) in [4.78, 5) is 73.4. The van der Waals surface area contributed by atoms with Crippen molar-refractivity contribution >= 4 is 39.5 Å². The third-order valence-corrected chi connectivity index (χ3v) is 23.8. The lowest BCUT2D eigenvalue weighted by Gasteiger charge is -2.21. The molecule has 0 spiro atoms. The van der Waals surface area contributed by atoms with E-state index in [1.807, 2.05) is 0 Å². The zero-order valence-electron chi connectivity index (χ0n) is 73.6. The van der Waals surface area contributed by atoms with Crippen molar-refractivity contribution in [2.75, 3.05) is 39.6 Å². The van der Waals surface area contributed by atoms with Gasteiger partial charge in [-0.15, -0.1) is 0 Å².